The van der Waals surface area contributed by atoms with E-state index < -0.39 is 0 Å². The second-order valence-corrected chi connectivity index (χ2v) is 4.39. The summed E-state index contributed by atoms with van der Waals surface area (Å²) in [6, 6.07) is 0. The Balaban J connectivity index is 2.15. The van der Waals surface area contributed by atoms with Gasteiger partial charge in [0.1, 0.15) is 0 Å². The maximum Gasteiger partial charge on any atom is 0.187 e. The van der Waals surface area contributed by atoms with E-state index in [1.807, 2.05) is 0 Å². The van der Waals surface area contributed by atoms with Crippen molar-refractivity contribution < 1.29 is 0 Å². The Labute approximate surface area is 76.3 Å². The Morgan fingerprint density at radius 1 is 1.08 bits per heavy atom. The van der Waals surface area contributed by atoms with Crippen molar-refractivity contribution in [2.24, 2.45) is 0 Å². The van der Waals surface area contributed by atoms with Crippen LogP contribution in [0.4, 0.5) is 0 Å². The Kier molecular flexibility index (Phi) is 2.17. The van der Waals surface area contributed by atoms with E-state index in [1.165, 1.54) is 45.2 Å². The summed E-state index contributed by atoms with van der Waals surface area (Å²) in [6.45, 7) is 2.59. The summed E-state index contributed by atoms with van der Waals surface area (Å²) in [5.74, 6) is 0. The molecule has 2 nitrogen and oxygen atoms in total. The van der Waals surface area contributed by atoms with Gasteiger partial charge in [-0.05, 0) is 52.2 Å². The normalized spacial score (nSPS) is 39.4. The molecule has 2 fully saturated rings. The van der Waals surface area contributed by atoms with Crippen LogP contribution in [0.1, 0.15) is 32.1 Å². The highest BCUT2D eigenvalue weighted by Crippen LogP contribution is 2.37. The van der Waals surface area contributed by atoms with Crippen molar-refractivity contribution in [3.8, 4) is 0 Å². The van der Waals surface area contributed by atoms with Crippen molar-refractivity contribution >= 4 is 7.98 Å². The van der Waals surface area contributed by atoms with Crippen molar-refractivity contribution in [2.75, 3.05) is 20.1 Å². The first-order valence-corrected chi connectivity index (χ1v) is 5.18. The molecule has 0 N–H and O–H groups in total. The zero-order valence-electron chi connectivity index (χ0n) is 8.34. The predicted molar refractivity (Wildman–Crippen MR) is 53.7 cm³/mol. The molecule has 1 spiro atoms. The van der Waals surface area contributed by atoms with Crippen LogP contribution in [0.5, 0.6) is 0 Å². The van der Waals surface area contributed by atoms with Crippen LogP contribution < -0.4 is 0 Å². The number of hydrogen-bond acceptors (Lipinski definition) is 2. The molecule has 2 saturated heterocycles. The van der Waals surface area contributed by atoms with Crippen LogP contribution in [0.3, 0.4) is 0 Å². The molecule has 2 aliphatic rings. The molecule has 3 heteroatoms. The van der Waals surface area contributed by atoms with Gasteiger partial charge in [-0.1, -0.05) is 0 Å². The molecule has 2 heterocycles. The largest absolute Gasteiger partial charge is 0.332 e. The monoisotopic (exact) mass is 166 g/mol. The van der Waals surface area contributed by atoms with Crippen LogP contribution in [-0.2, 0) is 0 Å². The van der Waals surface area contributed by atoms with Crippen molar-refractivity contribution in [1.82, 2.24) is 9.71 Å². The summed E-state index contributed by atoms with van der Waals surface area (Å²) in [7, 11) is 4.58. The lowest BCUT2D eigenvalue weighted by Crippen LogP contribution is -2.57. The lowest BCUT2D eigenvalue weighted by Gasteiger charge is -2.47. The number of likely N-dealkylation sites (tertiary alicyclic amines) is 1. The van der Waals surface area contributed by atoms with Gasteiger partial charge in [0.2, 0.25) is 0 Å². The summed E-state index contributed by atoms with van der Waals surface area (Å²) in [4.78, 5) is 5.13. The van der Waals surface area contributed by atoms with Crippen molar-refractivity contribution in [1.29, 1.82) is 0 Å². The summed E-state index contributed by atoms with van der Waals surface area (Å²) in [5, 5.41) is 0. The van der Waals surface area contributed by atoms with Gasteiger partial charge in [0.15, 0.2) is 7.98 Å². The van der Waals surface area contributed by atoms with Gasteiger partial charge in [-0.15, -0.1) is 0 Å². The average molecular weight is 166 g/mol. The molecule has 0 amide bonds. The van der Waals surface area contributed by atoms with Gasteiger partial charge in [-0.2, -0.15) is 0 Å². The molecule has 0 bridgehead atoms. The molecule has 0 aromatic carbocycles. The highest BCUT2D eigenvalue weighted by atomic mass is 15.4. The lowest BCUT2D eigenvalue weighted by atomic mass is 9.91. The van der Waals surface area contributed by atoms with Crippen LogP contribution in [0.2, 0.25) is 0 Å². The van der Waals surface area contributed by atoms with Gasteiger partial charge in [0.25, 0.3) is 0 Å². The van der Waals surface area contributed by atoms with Gasteiger partial charge in [0, 0.05) is 0 Å². The molecule has 0 aromatic rings. The van der Waals surface area contributed by atoms with Gasteiger partial charge in [-0.3, -0.25) is 4.90 Å². The number of rotatable bonds is 0. The molecule has 12 heavy (non-hydrogen) atoms. The first kappa shape index (κ1) is 8.58. The number of nitrogens with zero attached hydrogens (tertiary/aromatic N) is 2. The topological polar surface area (TPSA) is 6.48 Å². The fourth-order valence-corrected chi connectivity index (χ4v) is 2.95. The van der Waals surface area contributed by atoms with Crippen LogP contribution in [-0.4, -0.2) is 43.5 Å². The van der Waals surface area contributed by atoms with E-state index in [-0.39, 0.29) is 0 Å². The van der Waals surface area contributed by atoms with E-state index in [2.05, 4.69) is 24.7 Å². The van der Waals surface area contributed by atoms with Crippen LogP contribution in [0, 0.1) is 0 Å². The first-order chi connectivity index (χ1) is 5.76. The van der Waals surface area contributed by atoms with Crippen molar-refractivity contribution in [3.63, 3.8) is 0 Å². The molecule has 0 radical (unpaired) electrons. The Morgan fingerprint density at radius 2 is 1.83 bits per heavy atom. The maximum absolute atomic E-state index is 2.57. The standard InChI is InChI=1S/C9H19BN2/c1-11-7-3-2-5-9(11)6-4-8-12(9)10/h2-8,10H2,1H3. The van der Waals surface area contributed by atoms with E-state index in [0.29, 0.717) is 5.66 Å². The van der Waals surface area contributed by atoms with E-state index in [1.54, 1.807) is 0 Å². The first-order valence-electron chi connectivity index (χ1n) is 5.18. The predicted octanol–water partition coefficient (Wildman–Crippen LogP) is 0.442. The minimum atomic E-state index is 0.457. The molecule has 1 unspecified atom stereocenters. The van der Waals surface area contributed by atoms with Gasteiger partial charge < -0.3 is 4.81 Å². The molecule has 2 rings (SSSR count). The minimum Gasteiger partial charge on any atom is -0.332 e. The van der Waals surface area contributed by atoms with Crippen molar-refractivity contribution in [3.05, 3.63) is 0 Å². The highest BCUT2D eigenvalue weighted by Gasteiger charge is 2.42. The van der Waals surface area contributed by atoms with Crippen LogP contribution in [0.25, 0.3) is 0 Å². The zero-order chi connectivity index (χ0) is 8.60. The second-order valence-electron chi connectivity index (χ2n) is 4.39. The highest BCUT2D eigenvalue weighted by molar-refractivity contribution is 6.05. The van der Waals surface area contributed by atoms with Gasteiger partial charge >= 0.3 is 0 Å². The van der Waals surface area contributed by atoms with E-state index in [0.717, 1.165) is 0 Å². The van der Waals surface area contributed by atoms with E-state index >= 15 is 0 Å². The quantitative estimate of drug-likeness (QED) is 0.482. The van der Waals surface area contributed by atoms with Crippen LogP contribution >= 0.6 is 0 Å². The molecule has 68 valence electrons. The molecule has 0 aromatic heterocycles. The molecule has 1 atom stereocenters. The summed E-state index contributed by atoms with van der Waals surface area (Å²) in [6.07, 6.45) is 6.99. The molecule has 2 aliphatic heterocycles. The third-order valence-corrected chi connectivity index (χ3v) is 3.81. The molecular weight excluding hydrogens is 147 g/mol. The SMILES string of the molecule is BN1CCCC12CCCCN2C. The summed E-state index contributed by atoms with van der Waals surface area (Å²) >= 11 is 0. The van der Waals surface area contributed by atoms with E-state index in [9.17, 15) is 0 Å². The molecular formula is C9H19BN2. The second kappa shape index (κ2) is 3.04. The summed E-state index contributed by atoms with van der Waals surface area (Å²) in [5.41, 5.74) is 0.457. The number of hydrogen-bond donors (Lipinski definition) is 0. The lowest BCUT2D eigenvalue weighted by molar-refractivity contribution is 0.00344. The zero-order valence-corrected chi connectivity index (χ0v) is 8.34. The Hall–Kier alpha value is -0.0151. The van der Waals surface area contributed by atoms with Gasteiger partial charge in [-0.25, -0.2) is 0 Å². The average Bonchev–Trinajstić information content (AvgIpc) is 2.41. The fraction of sp³-hybridized carbons (Fsp3) is 1.00. The minimum absolute atomic E-state index is 0.457. The van der Waals surface area contributed by atoms with Crippen LogP contribution in [0.15, 0.2) is 0 Å². The Bertz CT molecular complexity index is 174. The fourth-order valence-electron chi connectivity index (χ4n) is 2.95. The third-order valence-electron chi connectivity index (χ3n) is 3.81. The maximum atomic E-state index is 2.57. The number of piperidine rings is 1. The summed E-state index contributed by atoms with van der Waals surface area (Å²) < 4.78 is 0. The van der Waals surface area contributed by atoms with E-state index in [4.69, 9.17) is 0 Å². The molecule has 0 saturated carbocycles. The Morgan fingerprint density at radius 3 is 2.42 bits per heavy atom. The third kappa shape index (κ3) is 1.11. The van der Waals surface area contributed by atoms with Crippen molar-refractivity contribution in [2.45, 2.75) is 37.8 Å². The van der Waals surface area contributed by atoms with Gasteiger partial charge in [0.05, 0.1) is 5.66 Å². The smallest absolute Gasteiger partial charge is 0.187 e. The molecule has 0 aliphatic carbocycles.